The number of rotatable bonds is 5. The van der Waals surface area contributed by atoms with E-state index in [-0.39, 0.29) is 10.9 Å². The standard InChI is InChI=1S/C13H12O4S/c14-13(15)11-6-7-12(17-11)18(16)9-8-10-4-2-1-3-5-10/h1-7H,8-9H2,(H,14,15). The van der Waals surface area contributed by atoms with Crippen LogP contribution in [0.3, 0.4) is 0 Å². The minimum absolute atomic E-state index is 0.182. The lowest BCUT2D eigenvalue weighted by Crippen LogP contribution is -2.00. The van der Waals surface area contributed by atoms with E-state index >= 15 is 0 Å². The van der Waals surface area contributed by atoms with Crippen molar-refractivity contribution in [1.82, 2.24) is 0 Å². The second-order valence-electron chi connectivity index (χ2n) is 3.71. The monoisotopic (exact) mass is 264 g/mol. The van der Waals surface area contributed by atoms with Crippen LogP contribution in [0.2, 0.25) is 0 Å². The van der Waals surface area contributed by atoms with Gasteiger partial charge in [0.15, 0.2) is 5.09 Å². The first-order valence-electron chi connectivity index (χ1n) is 5.42. The minimum Gasteiger partial charge on any atom is -0.475 e. The van der Waals surface area contributed by atoms with Gasteiger partial charge in [-0.1, -0.05) is 30.3 Å². The second kappa shape index (κ2) is 5.64. The summed E-state index contributed by atoms with van der Waals surface area (Å²) in [4.78, 5) is 10.6. The third-order valence-electron chi connectivity index (χ3n) is 2.44. The Balaban J connectivity index is 1.97. The molecule has 0 aliphatic carbocycles. The van der Waals surface area contributed by atoms with Crippen LogP contribution in [-0.4, -0.2) is 21.0 Å². The molecule has 0 saturated carbocycles. The molecule has 4 nitrogen and oxygen atoms in total. The van der Waals surface area contributed by atoms with Gasteiger partial charge in [0.25, 0.3) is 0 Å². The van der Waals surface area contributed by atoms with Gasteiger partial charge in [-0.15, -0.1) is 0 Å². The Labute approximate surface area is 107 Å². The molecule has 1 heterocycles. The van der Waals surface area contributed by atoms with Crippen molar-refractivity contribution in [2.45, 2.75) is 11.5 Å². The SMILES string of the molecule is O=C(O)c1ccc(S(=O)CCc2ccccc2)o1. The molecule has 18 heavy (non-hydrogen) atoms. The molecule has 1 unspecified atom stereocenters. The highest BCUT2D eigenvalue weighted by atomic mass is 32.2. The zero-order chi connectivity index (χ0) is 13.0. The summed E-state index contributed by atoms with van der Waals surface area (Å²) in [5.74, 6) is -0.921. The van der Waals surface area contributed by atoms with Gasteiger partial charge < -0.3 is 9.52 Å². The molecule has 1 N–H and O–H groups in total. The van der Waals surface area contributed by atoms with Crippen molar-refractivity contribution < 1.29 is 18.5 Å². The molecule has 1 atom stereocenters. The van der Waals surface area contributed by atoms with E-state index in [2.05, 4.69) is 0 Å². The van der Waals surface area contributed by atoms with Crippen LogP contribution >= 0.6 is 0 Å². The van der Waals surface area contributed by atoms with Crippen LogP contribution < -0.4 is 0 Å². The average molecular weight is 264 g/mol. The Kier molecular flexibility index (Phi) is 3.94. The average Bonchev–Trinajstić information content (AvgIpc) is 2.87. The lowest BCUT2D eigenvalue weighted by molar-refractivity contribution is 0.0656. The number of hydrogen-bond donors (Lipinski definition) is 1. The number of aromatic carboxylic acids is 1. The van der Waals surface area contributed by atoms with Gasteiger partial charge >= 0.3 is 5.97 Å². The molecular formula is C13H12O4S. The van der Waals surface area contributed by atoms with E-state index in [1.807, 2.05) is 30.3 Å². The van der Waals surface area contributed by atoms with Crippen molar-refractivity contribution in [1.29, 1.82) is 0 Å². The third kappa shape index (κ3) is 3.07. The molecule has 0 fully saturated rings. The molecule has 0 aliphatic rings. The van der Waals surface area contributed by atoms with E-state index in [1.54, 1.807) is 0 Å². The number of benzene rings is 1. The van der Waals surface area contributed by atoms with Gasteiger partial charge in [0, 0.05) is 5.75 Å². The van der Waals surface area contributed by atoms with Gasteiger partial charge in [-0.05, 0) is 24.1 Å². The molecule has 2 aromatic rings. The Bertz CT molecular complexity index is 559. The molecule has 2 rings (SSSR count). The Morgan fingerprint density at radius 1 is 1.17 bits per heavy atom. The molecule has 0 radical (unpaired) electrons. The van der Waals surface area contributed by atoms with E-state index in [1.165, 1.54) is 12.1 Å². The Hall–Kier alpha value is -1.88. The summed E-state index contributed by atoms with van der Waals surface area (Å²) in [5, 5.41) is 8.91. The highest BCUT2D eigenvalue weighted by molar-refractivity contribution is 7.84. The molecule has 1 aromatic heterocycles. The fourth-order valence-electron chi connectivity index (χ4n) is 1.51. The highest BCUT2D eigenvalue weighted by Gasteiger charge is 2.13. The topological polar surface area (TPSA) is 67.5 Å². The van der Waals surface area contributed by atoms with E-state index in [9.17, 15) is 9.00 Å². The highest BCUT2D eigenvalue weighted by Crippen LogP contribution is 2.13. The molecule has 0 aliphatic heterocycles. The van der Waals surface area contributed by atoms with Crippen LogP contribution in [0.5, 0.6) is 0 Å². The van der Waals surface area contributed by atoms with Gasteiger partial charge in [-0.25, -0.2) is 4.79 Å². The lowest BCUT2D eigenvalue weighted by Gasteiger charge is -1.99. The molecule has 0 amide bonds. The van der Waals surface area contributed by atoms with Gasteiger partial charge in [0.1, 0.15) is 0 Å². The summed E-state index contributed by atoms with van der Waals surface area (Å²) in [7, 11) is -1.31. The number of hydrogen-bond acceptors (Lipinski definition) is 3. The van der Waals surface area contributed by atoms with Gasteiger partial charge in [0.2, 0.25) is 5.76 Å². The van der Waals surface area contributed by atoms with Crippen LogP contribution in [-0.2, 0) is 17.2 Å². The van der Waals surface area contributed by atoms with Gasteiger partial charge in [-0.3, -0.25) is 4.21 Å². The van der Waals surface area contributed by atoms with E-state index in [0.717, 1.165) is 5.56 Å². The number of carboxylic acids is 1. The van der Waals surface area contributed by atoms with Crippen LogP contribution in [0.1, 0.15) is 16.1 Å². The number of carboxylic acid groups (broad SMARTS) is 1. The lowest BCUT2D eigenvalue weighted by atomic mass is 10.2. The first-order chi connectivity index (χ1) is 8.66. The van der Waals surface area contributed by atoms with E-state index in [4.69, 9.17) is 9.52 Å². The predicted octanol–water partition coefficient (Wildman–Crippen LogP) is 2.33. The molecule has 1 aromatic carbocycles. The van der Waals surface area contributed by atoms with Crippen LogP contribution in [0.25, 0.3) is 0 Å². The maximum Gasteiger partial charge on any atom is 0.371 e. The first kappa shape index (κ1) is 12.6. The fourth-order valence-corrected chi connectivity index (χ4v) is 2.54. The predicted molar refractivity (Wildman–Crippen MR) is 67.1 cm³/mol. The summed E-state index contributed by atoms with van der Waals surface area (Å²) in [6.07, 6.45) is 0.663. The van der Waals surface area contributed by atoms with Crippen molar-refractivity contribution in [3.8, 4) is 0 Å². The Morgan fingerprint density at radius 3 is 2.50 bits per heavy atom. The van der Waals surface area contributed by atoms with E-state index in [0.29, 0.717) is 12.2 Å². The zero-order valence-corrected chi connectivity index (χ0v) is 10.4. The summed E-state index contributed by atoms with van der Waals surface area (Å²) in [6, 6.07) is 12.5. The van der Waals surface area contributed by atoms with Crippen molar-refractivity contribution in [3.63, 3.8) is 0 Å². The molecule has 0 saturated heterocycles. The Morgan fingerprint density at radius 2 is 1.89 bits per heavy atom. The molecular weight excluding hydrogens is 252 g/mol. The molecule has 0 bridgehead atoms. The largest absolute Gasteiger partial charge is 0.475 e. The van der Waals surface area contributed by atoms with Crippen LogP contribution in [0.15, 0.2) is 52.0 Å². The molecule has 5 heteroatoms. The van der Waals surface area contributed by atoms with Crippen molar-refractivity contribution >= 4 is 16.8 Å². The number of aryl methyl sites for hydroxylation is 1. The second-order valence-corrected chi connectivity index (χ2v) is 5.21. The summed E-state index contributed by atoms with van der Waals surface area (Å²) in [6.45, 7) is 0. The van der Waals surface area contributed by atoms with Crippen molar-refractivity contribution in [3.05, 3.63) is 53.8 Å². The van der Waals surface area contributed by atoms with Crippen molar-refractivity contribution in [2.75, 3.05) is 5.75 Å². The molecule has 94 valence electrons. The quantitative estimate of drug-likeness (QED) is 0.900. The maximum absolute atomic E-state index is 11.9. The summed E-state index contributed by atoms with van der Waals surface area (Å²) in [5.41, 5.74) is 1.09. The zero-order valence-electron chi connectivity index (χ0n) is 9.54. The summed E-state index contributed by atoms with van der Waals surface area (Å²) < 4.78 is 16.9. The minimum atomic E-state index is -1.31. The molecule has 0 spiro atoms. The van der Waals surface area contributed by atoms with Gasteiger partial charge in [0.05, 0.1) is 10.8 Å². The first-order valence-corrected chi connectivity index (χ1v) is 6.74. The van der Waals surface area contributed by atoms with Crippen LogP contribution in [0.4, 0.5) is 0 Å². The number of furan rings is 1. The third-order valence-corrected chi connectivity index (χ3v) is 3.68. The fraction of sp³-hybridized carbons (Fsp3) is 0.154. The van der Waals surface area contributed by atoms with Gasteiger partial charge in [-0.2, -0.15) is 0 Å². The number of carbonyl (C=O) groups is 1. The van der Waals surface area contributed by atoms with Crippen LogP contribution in [0, 0.1) is 0 Å². The maximum atomic E-state index is 11.9. The smallest absolute Gasteiger partial charge is 0.371 e. The normalized spacial score (nSPS) is 12.2. The van der Waals surface area contributed by atoms with E-state index < -0.39 is 16.8 Å². The van der Waals surface area contributed by atoms with Crippen molar-refractivity contribution in [2.24, 2.45) is 0 Å². The summed E-state index contributed by atoms with van der Waals surface area (Å²) >= 11 is 0.